The Bertz CT molecular complexity index is 306. The minimum atomic E-state index is -2.86. The van der Waals surface area contributed by atoms with E-state index in [1.807, 2.05) is 0 Å². The minimum Gasteiger partial charge on any atom is -0.393 e. The van der Waals surface area contributed by atoms with Gasteiger partial charge in [0.05, 0.1) is 11.9 Å². The molecule has 0 aliphatic heterocycles. The van der Waals surface area contributed by atoms with Crippen molar-refractivity contribution in [3.63, 3.8) is 0 Å². The SMILES string of the molecule is CCS(=O)(=O)CCCC(O)C1CC1(C)C. The van der Waals surface area contributed by atoms with E-state index in [0.717, 1.165) is 6.42 Å². The van der Waals surface area contributed by atoms with Crippen LogP contribution >= 0.6 is 0 Å². The van der Waals surface area contributed by atoms with Crippen molar-refractivity contribution in [3.8, 4) is 0 Å². The predicted octanol–water partition coefficient (Wildman–Crippen LogP) is 1.61. The number of aliphatic hydroxyl groups excluding tert-OH is 1. The third-order valence-electron chi connectivity index (χ3n) is 3.45. The van der Waals surface area contributed by atoms with E-state index in [1.165, 1.54) is 0 Å². The van der Waals surface area contributed by atoms with Crippen LogP contribution in [0.1, 0.15) is 40.0 Å². The lowest BCUT2D eigenvalue weighted by molar-refractivity contribution is 0.126. The van der Waals surface area contributed by atoms with Gasteiger partial charge in [-0.15, -0.1) is 0 Å². The van der Waals surface area contributed by atoms with Gasteiger partial charge in [0.15, 0.2) is 0 Å². The summed E-state index contributed by atoms with van der Waals surface area (Å²) in [4.78, 5) is 0. The zero-order valence-electron chi connectivity index (χ0n) is 9.86. The standard InChI is InChI=1S/C11H22O3S/c1-4-15(13,14)7-5-6-10(12)9-8-11(9,2)3/h9-10,12H,4-8H2,1-3H3. The van der Waals surface area contributed by atoms with E-state index >= 15 is 0 Å². The van der Waals surface area contributed by atoms with Crippen LogP contribution in [0.5, 0.6) is 0 Å². The van der Waals surface area contributed by atoms with Crippen LogP contribution < -0.4 is 0 Å². The lowest BCUT2D eigenvalue weighted by Crippen LogP contribution is -2.16. The van der Waals surface area contributed by atoms with Crippen LogP contribution in [0.4, 0.5) is 0 Å². The summed E-state index contributed by atoms with van der Waals surface area (Å²) in [5, 5.41) is 9.80. The maximum atomic E-state index is 11.2. The van der Waals surface area contributed by atoms with Gasteiger partial charge in [-0.25, -0.2) is 8.42 Å². The summed E-state index contributed by atoms with van der Waals surface area (Å²) < 4.78 is 22.4. The Balaban J connectivity index is 2.22. The first-order valence-electron chi connectivity index (χ1n) is 5.67. The number of aliphatic hydroxyl groups is 1. The van der Waals surface area contributed by atoms with E-state index in [1.54, 1.807) is 6.92 Å². The highest BCUT2D eigenvalue weighted by molar-refractivity contribution is 7.91. The van der Waals surface area contributed by atoms with E-state index in [0.29, 0.717) is 18.8 Å². The number of rotatable bonds is 6. The number of hydrogen-bond acceptors (Lipinski definition) is 3. The molecule has 2 atom stereocenters. The molecule has 1 aliphatic carbocycles. The molecule has 2 unspecified atom stereocenters. The Labute approximate surface area is 92.8 Å². The zero-order valence-corrected chi connectivity index (χ0v) is 10.7. The van der Waals surface area contributed by atoms with Crippen LogP contribution in [0.15, 0.2) is 0 Å². The molecule has 3 nitrogen and oxygen atoms in total. The summed E-state index contributed by atoms with van der Waals surface area (Å²) in [6.45, 7) is 5.95. The van der Waals surface area contributed by atoms with E-state index < -0.39 is 9.84 Å². The lowest BCUT2D eigenvalue weighted by atomic mass is 10.0. The van der Waals surface area contributed by atoms with Crippen molar-refractivity contribution in [2.24, 2.45) is 11.3 Å². The molecule has 1 saturated carbocycles. The molecule has 1 fully saturated rings. The van der Waals surface area contributed by atoms with Crippen LogP contribution in [0, 0.1) is 11.3 Å². The number of hydrogen-bond donors (Lipinski definition) is 1. The Kier molecular flexibility index (Phi) is 3.82. The molecule has 15 heavy (non-hydrogen) atoms. The molecule has 0 bridgehead atoms. The second-order valence-corrected chi connectivity index (χ2v) is 7.72. The molecule has 90 valence electrons. The molecule has 0 aromatic carbocycles. The Hall–Kier alpha value is -0.0900. The van der Waals surface area contributed by atoms with Gasteiger partial charge in [0, 0.05) is 5.75 Å². The van der Waals surface area contributed by atoms with Gasteiger partial charge < -0.3 is 5.11 Å². The summed E-state index contributed by atoms with van der Waals surface area (Å²) in [5.41, 5.74) is 0.267. The Morgan fingerprint density at radius 2 is 2.00 bits per heavy atom. The first-order chi connectivity index (χ1) is 6.78. The van der Waals surface area contributed by atoms with Crippen molar-refractivity contribution in [3.05, 3.63) is 0 Å². The van der Waals surface area contributed by atoms with E-state index in [9.17, 15) is 13.5 Å². The topological polar surface area (TPSA) is 54.4 Å². The third-order valence-corrected chi connectivity index (χ3v) is 5.24. The summed E-state index contributed by atoms with van der Waals surface area (Å²) in [5.74, 6) is 0.799. The monoisotopic (exact) mass is 234 g/mol. The quantitative estimate of drug-likeness (QED) is 0.759. The van der Waals surface area contributed by atoms with Crippen LogP contribution in [0.2, 0.25) is 0 Å². The highest BCUT2D eigenvalue weighted by atomic mass is 32.2. The molecule has 4 heteroatoms. The normalized spacial score (nSPS) is 26.3. The van der Waals surface area contributed by atoms with Gasteiger partial charge in [-0.2, -0.15) is 0 Å². The molecule has 0 amide bonds. The van der Waals surface area contributed by atoms with E-state index in [-0.39, 0.29) is 23.0 Å². The highest BCUT2D eigenvalue weighted by Crippen LogP contribution is 2.54. The third kappa shape index (κ3) is 3.76. The van der Waals surface area contributed by atoms with Gasteiger partial charge >= 0.3 is 0 Å². The maximum Gasteiger partial charge on any atom is 0.150 e. The van der Waals surface area contributed by atoms with Gasteiger partial charge in [0.25, 0.3) is 0 Å². The van der Waals surface area contributed by atoms with Gasteiger partial charge in [-0.3, -0.25) is 0 Å². The first kappa shape index (κ1) is 13.0. The summed E-state index contributed by atoms with van der Waals surface area (Å²) in [7, 11) is -2.86. The predicted molar refractivity (Wildman–Crippen MR) is 61.5 cm³/mol. The fraction of sp³-hybridized carbons (Fsp3) is 1.00. The van der Waals surface area contributed by atoms with Gasteiger partial charge in [-0.1, -0.05) is 20.8 Å². The van der Waals surface area contributed by atoms with Crippen LogP contribution in [-0.4, -0.2) is 31.1 Å². The molecule has 0 aromatic heterocycles. The summed E-state index contributed by atoms with van der Waals surface area (Å²) in [6, 6.07) is 0. The molecule has 0 aromatic rings. The second kappa shape index (κ2) is 4.42. The number of sulfone groups is 1. The Morgan fingerprint density at radius 1 is 1.47 bits per heavy atom. The molecular weight excluding hydrogens is 212 g/mol. The first-order valence-corrected chi connectivity index (χ1v) is 7.49. The fourth-order valence-electron chi connectivity index (χ4n) is 2.02. The minimum absolute atomic E-state index is 0.206. The smallest absolute Gasteiger partial charge is 0.150 e. The molecule has 0 radical (unpaired) electrons. The Morgan fingerprint density at radius 3 is 2.40 bits per heavy atom. The average Bonchev–Trinajstić information content (AvgIpc) is 2.75. The highest BCUT2D eigenvalue weighted by Gasteiger charge is 2.49. The zero-order chi connectivity index (χ0) is 11.7. The van der Waals surface area contributed by atoms with Crippen molar-refractivity contribution in [2.75, 3.05) is 11.5 Å². The largest absolute Gasteiger partial charge is 0.393 e. The van der Waals surface area contributed by atoms with Crippen molar-refractivity contribution in [1.82, 2.24) is 0 Å². The van der Waals surface area contributed by atoms with Crippen molar-refractivity contribution < 1.29 is 13.5 Å². The van der Waals surface area contributed by atoms with E-state index in [2.05, 4.69) is 13.8 Å². The molecular formula is C11H22O3S. The van der Waals surface area contributed by atoms with Gasteiger partial charge in [0.1, 0.15) is 9.84 Å². The lowest BCUT2D eigenvalue weighted by Gasteiger charge is -2.11. The summed E-state index contributed by atoms with van der Waals surface area (Å²) >= 11 is 0. The van der Waals surface area contributed by atoms with Crippen molar-refractivity contribution in [2.45, 2.75) is 46.1 Å². The molecule has 1 rings (SSSR count). The molecule has 1 aliphatic rings. The maximum absolute atomic E-state index is 11.2. The van der Waals surface area contributed by atoms with Crippen LogP contribution in [0.25, 0.3) is 0 Å². The van der Waals surface area contributed by atoms with Gasteiger partial charge in [0.2, 0.25) is 0 Å². The van der Waals surface area contributed by atoms with Crippen LogP contribution in [-0.2, 0) is 9.84 Å². The second-order valence-electron chi connectivity index (χ2n) is 5.25. The molecule has 1 N–H and O–H groups in total. The fourth-order valence-corrected chi connectivity index (χ4v) is 2.92. The molecule has 0 spiro atoms. The van der Waals surface area contributed by atoms with Crippen molar-refractivity contribution >= 4 is 9.84 Å². The summed E-state index contributed by atoms with van der Waals surface area (Å²) in [6.07, 6.45) is 1.96. The van der Waals surface area contributed by atoms with Gasteiger partial charge in [-0.05, 0) is 30.6 Å². The molecule has 0 saturated heterocycles. The van der Waals surface area contributed by atoms with E-state index in [4.69, 9.17) is 0 Å². The average molecular weight is 234 g/mol. The van der Waals surface area contributed by atoms with Crippen LogP contribution in [0.3, 0.4) is 0 Å². The van der Waals surface area contributed by atoms with Crippen molar-refractivity contribution in [1.29, 1.82) is 0 Å². The molecule has 0 heterocycles.